The van der Waals surface area contributed by atoms with Gasteiger partial charge in [0, 0.05) is 56.8 Å². The minimum atomic E-state index is -0.874. The van der Waals surface area contributed by atoms with Crippen LogP contribution in [0.1, 0.15) is 30.7 Å². The first-order chi connectivity index (χ1) is 13.9. The van der Waals surface area contributed by atoms with Crippen molar-refractivity contribution < 1.29 is 9.90 Å². The quantitative estimate of drug-likeness (QED) is 0.775. The third-order valence-electron chi connectivity index (χ3n) is 5.84. The highest BCUT2D eigenvalue weighted by molar-refractivity contribution is 6.28. The summed E-state index contributed by atoms with van der Waals surface area (Å²) in [5.74, 6) is 0.849. The van der Waals surface area contributed by atoms with Gasteiger partial charge in [-0.3, -0.25) is 4.90 Å². The molecule has 0 spiro atoms. The number of piperazine rings is 1. The number of nitrogens with zero attached hydrogens (tertiary/aromatic N) is 5. The van der Waals surface area contributed by atoms with Crippen LogP contribution in [-0.2, 0) is 19.5 Å². The molecule has 8 heteroatoms. The summed E-state index contributed by atoms with van der Waals surface area (Å²) in [5, 5.41) is 9.71. The van der Waals surface area contributed by atoms with Gasteiger partial charge in [-0.2, -0.15) is 0 Å². The molecule has 1 fully saturated rings. The van der Waals surface area contributed by atoms with E-state index in [4.69, 9.17) is 11.6 Å². The summed E-state index contributed by atoms with van der Waals surface area (Å²) < 4.78 is 0. The van der Waals surface area contributed by atoms with E-state index in [-0.39, 0.29) is 17.4 Å². The van der Waals surface area contributed by atoms with Crippen molar-refractivity contribution in [3.05, 3.63) is 52.4 Å². The predicted octanol–water partition coefficient (Wildman–Crippen LogP) is 3.27. The van der Waals surface area contributed by atoms with Gasteiger partial charge in [0.05, 0.1) is 5.69 Å². The van der Waals surface area contributed by atoms with Gasteiger partial charge in [0.2, 0.25) is 5.28 Å². The molecule has 2 aliphatic heterocycles. The molecule has 29 heavy (non-hydrogen) atoms. The SMILES string of the molecule is C[C@@H]1CN(C(=O)O)[C@@H](C)CN1c1nc(Cl)nc2c1CN(Cc1ccccc1)CC2. The molecule has 0 aliphatic carbocycles. The highest BCUT2D eigenvalue weighted by atomic mass is 35.5. The average Bonchev–Trinajstić information content (AvgIpc) is 2.69. The Morgan fingerprint density at radius 2 is 1.93 bits per heavy atom. The highest BCUT2D eigenvalue weighted by Crippen LogP contribution is 2.31. The Morgan fingerprint density at radius 3 is 2.66 bits per heavy atom. The summed E-state index contributed by atoms with van der Waals surface area (Å²) in [4.78, 5) is 26.7. The number of amides is 1. The number of halogens is 1. The fourth-order valence-corrected chi connectivity index (χ4v) is 4.51. The van der Waals surface area contributed by atoms with Crippen molar-refractivity contribution in [3.63, 3.8) is 0 Å². The third kappa shape index (κ3) is 4.16. The molecule has 0 saturated carbocycles. The van der Waals surface area contributed by atoms with Gasteiger partial charge in [-0.1, -0.05) is 30.3 Å². The molecule has 1 aromatic carbocycles. The van der Waals surface area contributed by atoms with Gasteiger partial charge in [-0.25, -0.2) is 14.8 Å². The van der Waals surface area contributed by atoms with Crippen LogP contribution in [0.5, 0.6) is 0 Å². The number of rotatable bonds is 3. The van der Waals surface area contributed by atoms with E-state index < -0.39 is 6.09 Å². The van der Waals surface area contributed by atoms with Gasteiger partial charge in [0.25, 0.3) is 0 Å². The minimum Gasteiger partial charge on any atom is -0.465 e. The molecule has 2 aromatic rings. The van der Waals surface area contributed by atoms with Crippen molar-refractivity contribution in [1.29, 1.82) is 0 Å². The van der Waals surface area contributed by atoms with Crippen LogP contribution in [0.15, 0.2) is 30.3 Å². The van der Waals surface area contributed by atoms with Gasteiger partial charge in [0.1, 0.15) is 5.82 Å². The van der Waals surface area contributed by atoms with Crippen LogP contribution in [0.3, 0.4) is 0 Å². The van der Waals surface area contributed by atoms with Crippen molar-refractivity contribution in [2.75, 3.05) is 24.5 Å². The lowest BCUT2D eigenvalue weighted by Crippen LogP contribution is -2.58. The summed E-state index contributed by atoms with van der Waals surface area (Å²) >= 11 is 6.26. The van der Waals surface area contributed by atoms with Crippen LogP contribution in [0.4, 0.5) is 10.6 Å². The molecule has 7 nitrogen and oxygen atoms in total. The maximum Gasteiger partial charge on any atom is 0.407 e. The smallest absolute Gasteiger partial charge is 0.407 e. The fourth-order valence-electron chi connectivity index (χ4n) is 4.33. The number of carboxylic acid groups (broad SMARTS) is 1. The number of anilines is 1. The van der Waals surface area contributed by atoms with Crippen LogP contribution in [0.2, 0.25) is 5.28 Å². The van der Waals surface area contributed by atoms with E-state index in [9.17, 15) is 9.90 Å². The summed E-state index contributed by atoms with van der Waals surface area (Å²) in [7, 11) is 0. The van der Waals surface area contributed by atoms with E-state index in [1.807, 2.05) is 19.9 Å². The monoisotopic (exact) mass is 415 g/mol. The maximum atomic E-state index is 11.5. The van der Waals surface area contributed by atoms with Gasteiger partial charge in [-0.15, -0.1) is 0 Å². The highest BCUT2D eigenvalue weighted by Gasteiger charge is 2.35. The lowest BCUT2D eigenvalue weighted by molar-refractivity contribution is 0.114. The second-order valence-electron chi connectivity index (χ2n) is 7.97. The Bertz CT molecular complexity index is 894. The van der Waals surface area contributed by atoms with E-state index in [0.717, 1.165) is 43.1 Å². The lowest BCUT2D eigenvalue weighted by Gasteiger charge is -2.44. The number of benzene rings is 1. The first-order valence-electron chi connectivity index (χ1n) is 10.00. The Balaban J connectivity index is 1.61. The number of carbonyl (C=O) groups is 1. The van der Waals surface area contributed by atoms with Gasteiger partial charge < -0.3 is 14.9 Å². The molecule has 4 rings (SSSR count). The Kier molecular flexibility index (Phi) is 5.61. The molecule has 3 heterocycles. The van der Waals surface area contributed by atoms with E-state index in [2.05, 4.69) is 44.0 Å². The number of aromatic nitrogens is 2. The molecule has 1 amide bonds. The normalized spacial score (nSPS) is 22.4. The molecular formula is C21H26ClN5O2. The van der Waals surface area contributed by atoms with Crippen LogP contribution >= 0.6 is 11.6 Å². The van der Waals surface area contributed by atoms with Crippen molar-refractivity contribution in [1.82, 2.24) is 19.8 Å². The van der Waals surface area contributed by atoms with Crippen LogP contribution in [0, 0.1) is 0 Å². The largest absolute Gasteiger partial charge is 0.465 e. The molecule has 0 bridgehead atoms. The molecule has 1 N–H and O–H groups in total. The Hall–Kier alpha value is -2.38. The maximum absolute atomic E-state index is 11.5. The van der Waals surface area contributed by atoms with Crippen LogP contribution in [0.25, 0.3) is 0 Å². The molecule has 1 aromatic heterocycles. The standard InChI is InChI=1S/C21H26ClN5O2/c1-14-11-27(21(28)29)15(2)10-26(14)19-17-13-25(12-16-6-4-3-5-7-16)9-8-18(17)23-20(22)24-19/h3-7,14-15H,8-13H2,1-2H3,(H,28,29)/t14-,15+/m1/s1. The second kappa shape index (κ2) is 8.16. The van der Waals surface area contributed by atoms with E-state index >= 15 is 0 Å². The minimum absolute atomic E-state index is 0.0156. The van der Waals surface area contributed by atoms with Crippen molar-refractivity contribution in [2.45, 2.75) is 45.4 Å². The van der Waals surface area contributed by atoms with Gasteiger partial charge in [-0.05, 0) is 31.0 Å². The molecule has 1 saturated heterocycles. The zero-order valence-corrected chi connectivity index (χ0v) is 17.5. The topological polar surface area (TPSA) is 72.8 Å². The molecule has 0 radical (unpaired) electrons. The summed E-state index contributed by atoms with van der Waals surface area (Å²) in [6, 6.07) is 10.3. The predicted molar refractivity (Wildman–Crippen MR) is 112 cm³/mol. The van der Waals surface area contributed by atoms with Crippen LogP contribution < -0.4 is 4.90 Å². The van der Waals surface area contributed by atoms with Crippen LogP contribution in [-0.4, -0.2) is 62.7 Å². The Labute approximate surface area is 175 Å². The molecule has 2 aliphatic rings. The third-order valence-corrected chi connectivity index (χ3v) is 6.01. The molecule has 0 unspecified atom stereocenters. The van der Waals surface area contributed by atoms with E-state index in [1.54, 1.807) is 0 Å². The first kappa shape index (κ1) is 19.9. The summed E-state index contributed by atoms with van der Waals surface area (Å²) in [6.07, 6.45) is -0.0445. The molecule has 2 atom stereocenters. The summed E-state index contributed by atoms with van der Waals surface area (Å²) in [6.45, 7) is 7.57. The second-order valence-corrected chi connectivity index (χ2v) is 8.31. The van der Waals surface area contributed by atoms with E-state index in [0.29, 0.717) is 13.1 Å². The van der Waals surface area contributed by atoms with Gasteiger partial charge >= 0.3 is 6.09 Å². The van der Waals surface area contributed by atoms with Crippen molar-refractivity contribution in [3.8, 4) is 0 Å². The lowest BCUT2D eigenvalue weighted by atomic mass is 10.0. The number of hydrogen-bond acceptors (Lipinski definition) is 5. The fraction of sp³-hybridized carbons (Fsp3) is 0.476. The zero-order chi connectivity index (χ0) is 20.5. The zero-order valence-electron chi connectivity index (χ0n) is 16.8. The summed E-state index contributed by atoms with van der Waals surface area (Å²) in [5.41, 5.74) is 3.40. The van der Waals surface area contributed by atoms with Crippen molar-refractivity contribution in [2.24, 2.45) is 0 Å². The first-order valence-corrected chi connectivity index (χ1v) is 10.4. The van der Waals surface area contributed by atoms with Gasteiger partial charge in [0.15, 0.2) is 0 Å². The average molecular weight is 416 g/mol. The molecule has 154 valence electrons. The van der Waals surface area contributed by atoms with Crippen molar-refractivity contribution >= 4 is 23.5 Å². The number of hydrogen-bond donors (Lipinski definition) is 1. The molecular weight excluding hydrogens is 390 g/mol. The van der Waals surface area contributed by atoms with E-state index in [1.165, 1.54) is 10.5 Å². The number of fused-ring (bicyclic) bond motifs is 1. The Morgan fingerprint density at radius 1 is 1.17 bits per heavy atom.